The molecule has 0 aliphatic carbocycles. The van der Waals surface area contributed by atoms with Gasteiger partial charge in [-0.2, -0.15) is 0 Å². The molecule has 0 saturated heterocycles. The molecule has 1 atom stereocenters. The highest BCUT2D eigenvalue weighted by Crippen LogP contribution is 2.10. The lowest BCUT2D eigenvalue weighted by atomic mass is 10.0. The van der Waals surface area contributed by atoms with Crippen molar-refractivity contribution in [1.29, 1.82) is 0 Å². The van der Waals surface area contributed by atoms with Crippen molar-refractivity contribution in [1.82, 2.24) is 0 Å². The number of carbonyl (C=O) groups is 1. The van der Waals surface area contributed by atoms with Gasteiger partial charge in [0.05, 0.1) is 0 Å². The van der Waals surface area contributed by atoms with E-state index in [0.29, 0.717) is 0 Å². The molecule has 0 bridgehead atoms. The Morgan fingerprint density at radius 3 is 2.33 bits per heavy atom. The Balaban J connectivity index is 3.70. The predicted octanol–water partition coefficient (Wildman–Crippen LogP) is 4.29. The number of hydrogen-bond donors (Lipinski definition) is 0. The maximum atomic E-state index is 10.4. The first kappa shape index (κ1) is 14.2. The van der Waals surface area contributed by atoms with Gasteiger partial charge in [-0.05, 0) is 46.5 Å². The first-order chi connectivity index (χ1) is 7.06. The minimum Gasteiger partial charge on any atom is -0.303 e. The molecular formula is C14H24O. The molecule has 0 unspecified atom stereocenters. The highest BCUT2D eigenvalue weighted by Gasteiger charge is 1.97. The minimum atomic E-state index is 0.201. The van der Waals surface area contributed by atoms with Crippen LogP contribution in [0.1, 0.15) is 53.4 Å². The summed E-state index contributed by atoms with van der Waals surface area (Å²) in [5.41, 5.74) is 2.82. The van der Waals surface area contributed by atoms with Gasteiger partial charge in [-0.1, -0.05) is 30.2 Å². The van der Waals surface area contributed by atoms with E-state index < -0.39 is 0 Å². The zero-order valence-electron chi connectivity index (χ0n) is 10.5. The fourth-order valence-corrected chi connectivity index (χ4v) is 1.35. The molecule has 1 heteroatoms. The summed E-state index contributed by atoms with van der Waals surface area (Å²) < 4.78 is 0. The van der Waals surface area contributed by atoms with Crippen LogP contribution in [0.15, 0.2) is 23.3 Å². The zero-order chi connectivity index (χ0) is 11.7. The lowest BCUT2D eigenvalue weighted by Crippen LogP contribution is -1.93. The normalized spacial score (nSPS) is 13.5. The second-order valence-electron chi connectivity index (χ2n) is 4.56. The van der Waals surface area contributed by atoms with Crippen LogP contribution in [0.2, 0.25) is 0 Å². The van der Waals surface area contributed by atoms with Crippen LogP contribution < -0.4 is 0 Å². The highest BCUT2D eigenvalue weighted by molar-refractivity contribution is 5.52. The highest BCUT2D eigenvalue weighted by atomic mass is 16.1. The van der Waals surface area contributed by atoms with Crippen LogP contribution in [-0.2, 0) is 4.79 Å². The van der Waals surface area contributed by atoms with Gasteiger partial charge in [0.15, 0.2) is 0 Å². The zero-order valence-corrected chi connectivity index (χ0v) is 10.5. The molecular weight excluding hydrogens is 184 g/mol. The second-order valence-corrected chi connectivity index (χ2v) is 4.56. The van der Waals surface area contributed by atoms with Crippen molar-refractivity contribution in [3.63, 3.8) is 0 Å². The molecule has 15 heavy (non-hydrogen) atoms. The third kappa shape index (κ3) is 9.45. The molecule has 86 valence electrons. The van der Waals surface area contributed by atoms with Crippen LogP contribution >= 0.6 is 0 Å². The topological polar surface area (TPSA) is 17.1 Å². The van der Waals surface area contributed by atoms with Crippen LogP contribution in [0, 0.1) is 5.92 Å². The Hall–Kier alpha value is -0.850. The van der Waals surface area contributed by atoms with Gasteiger partial charge in [0.25, 0.3) is 0 Å². The summed E-state index contributed by atoms with van der Waals surface area (Å²) in [7, 11) is 0. The summed E-state index contributed by atoms with van der Waals surface area (Å²) in [4.78, 5) is 10.4. The van der Waals surface area contributed by atoms with Crippen molar-refractivity contribution >= 4 is 6.29 Å². The van der Waals surface area contributed by atoms with Crippen LogP contribution in [0.5, 0.6) is 0 Å². The van der Waals surface area contributed by atoms with Crippen LogP contribution in [0.3, 0.4) is 0 Å². The van der Waals surface area contributed by atoms with Crippen molar-refractivity contribution in [3.8, 4) is 0 Å². The van der Waals surface area contributed by atoms with Crippen molar-refractivity contribution in [2.45, 2.75) is 53.4 Å². The number of hydrogen-bond acceptors (Lipinski definition) is 1. The molecule has 0 fully saturated rings. The molecule has 0 saturated carbocycles. The number of rotatable bonds is 7. The van der Waals surface area contributed by atoms with E-state index in [2.05, 4.69) is 32.9 Å². The molecule has 0 amide bonds. The molecule has 0 aliphatic rings. The Bertz CT molecular complexity index is 232. The maximum absolute atomic E-state index is 10.4. The fraction of sp³-hybridized carbons (Fsp3) is 0.643. The number of aldehydes is 1. The molecule has 0 spiro atoms. The molecule has 0 radical (unpaired) electrons. The van der Waals surface area contributed by atoms with E-state index in [0.717, 1.165) is 32.0 Å². The molecule has 0 aromatic rings. The van der Waals surface area contributed by atoms with Gasteiger partial charge < -0.3 is 4.79 Å². The molecule has 0 N–H and O–H groups in total. The standard InChI is InChI=1S/C14H24O/c1-12(2)7-5-8-13(3)9-6-10-14(4)11-15/h7,9,11,14H,5-6,8,10H2,1-4H3/b13-9+/t14-/m1/s1. The molecule has 0 heterocycles. The number of carbonyl (C=O) groups excluding carboxylic acids is 1. The van der Waals surface area contributed by atoms with E-state index in [1.807, 2.05) is 6.92 Å². The van der Waals surface area contributed by atoms with Gasteiger partial charge in [-0.15, -0.1) is 0 Å². The first-order valence-electron chi connectivity index (χ1n) is 5.80. The van der Waals surface area contributed by atoms with Crippen molar-refractivity contribution in [2.24, 2.45) is 5.92 Å². The summed E-state index contributed by atoms with van der Waals surface area (Å²) in [6.45, 7) is 8.40. The van der Waals surface area contributed by atoms with Gasteiger partial charge >= 0.3 is 0 Å². The first-order valence-corrected chi connectivity index (χ1v) is 5.80. The van der Waals surface area contributed by atoms with Gasteiger partial charge in [0.1, 0.15) is 6.29 Å². The van der Waals surface area contributed by atoms with Crippen LogP contribution in [0.25, 0.3) is 0 Å². The summed E-state index contributed by atoms with van der Waals surface area (Å²) in [6, 6.07) is 0. The predicted molar refractivity (Wildman–Crippen MR) is 66.9 cm³/mol. The van der Waals surface area contributed by atoms with E-state index >= 15 is 0 Å². The summed E-state index contributed by atoms with van der Waals surface area (Å²) in [5.74, 6) is 0.201. The SMILES string of the molecule is CC(C)=CCC/C(C)=C/CC[C@@H](C)C=O. The summed E-state index contributed by atoms with van der Waals surface area (Å²) >= 11 is 0. The molecule has 0 aromatic heterocycles. The molecule has 0 aromatic carbocycles. The molecule has 0 aliphatic heterocycles. The third-order valence-corrected chi connectivity index (χ3v) is 2.44. The monoisotopic (exact) mass is 208 g/mol. The fourth-order valence-electron chi connectivity index (χ4n) is 1.35. The average molecular weight is 208 g/mol. The van der Waals surface area contributed by atoms with Crippen LogP contribution in [-0.4, -0.2) is 6.29 Å². The van der Waals surface area contributed by atoms with Crippen molar-refractivity contribution < 1.29 is 4.79 Å². The smallest absolute Gasteiger partial charge is 0.122 e. The quantitative estimate of drug-likeness (QED) is 0.450. The Kier molecular flexibility index (Phi) is 7.98. The lowest BCUT2D eigenvalue weighted by Gasteiger charge is -2.01. The largest absolute Gasteiger partial charge is 0.303 e. The van der Waals surface area contributed by atoms with Gasteiger partial charge in [0, 0.05) is 5.92 Å². The lowest BCUT2D eigenvalue weighted by molar-refractivity contribution is -0.110. The van der Waals surface area contributed by atoms with E-state index in [4.69, 9.17) is 0 Å². The van der Waals surface area contributed by atoms with Crippen LogP contribution in [0.4, 0.5) is 0 Å². The average Bonchev–Trinajstić information content (AvgIpc) is 2.17. The van der Waals surface area contributed by atoms with Gasteiger partial charge in [0.2, 0.25) is 0 Å². The molecule has 1 nitrogen and oxygen atoms in total. The second kappa shape index (κ2) is 8.46. The third-order valence-electron chi connectivity index (χ3n) is 2.44. The Morgan fingerprint density at radius 2 is 1.80 bits per heavy atom. The maximum Gasteiger partial charge on any atom is 0.122 e. The minimum absolute atomic E-state index is 0.201. The Morgan fingerprint density at radius 1 is 1.13 bits per heavy atom. The van der Waals surface area contributed by atoms with E-state index in [9.17, 15) is 4.79 Å². The van der Waals surface area contributed by atoms with Gasteiger partial charge in [-0.3, -0.25) is 0 Å². The van der Waals surface area contributed by atoms with E-state index in [1.165, 1.54) is 11.1 Å². The summed E-state index contributed by atoms with van der Waals surface area (Å²) in [6.07, 6.45) is 9.84. The van der Waals surface area contributed by atoms with Gasteiger partial charge in [-0.25, -0.2) is 0 Å². The van der Waals surface area contributed by atoms with E-state index in [1.54, 1.807) is 0 Å². The number of allylic oxidation sites excluding steroid dienone is 4. The Labute approximate surface area is 94.3 Å². The van der Waals surface area contributed by atoms with Crippen molar-refractivity contribution in [2.75, 3.05) is 0 Å². The van der Waals surface area contributed by atoms with E-state index in [-0.39, 0.29) is 5.92 Å². The van der Waals surface area contributed by atoms with Crippen molar-refractivity contribution in [3.05, 3.63) is 23.3 Å². The summed E-state index contributed by atoms with van der Waals surface area (Å²) in [5, 5.41) is 0. The molecule has 0 rings (SSSR count).